The molecule has 1 amide bonds. The van der Waals surface area contributed by atoms with Crippen molar-refractivity contribution in [2.24, 2.45) is 0 Å². The van der Waals surface area contributed by atoms with Gasteiger partial charge in [-0.05, 0) is 42.7 Å². The minimum absolute atomic E-state index is 0.0264. The van der Waals surface area contributed by atoms with Crippen molar-refractivity contribution in [1.29, 1.82) is 0 Å². The first-order valence-corrected chi connectivity index (χ1v) is 10.8. The smallest absolute Gasteiger partial charge is 0.260 e. The fraction of sp³-hybridized carbons (Fsp3) is 0.360. The number of nitrogens with zero attached hydrogens (tertiary/aromatic N) is 2. The van der Waals surface area contributed by atoms with Crippen LogP contribution in [0.15, 0.2) is 59.1 Å². The number of aromatic nitrogens is 1. The van der Waals surface area contributed by atoms with Crippen molar-refractivity contribution < 1.29 is 23.4 Å². The second-order valence-electron chi connectivity index (χ2n) is 7.81. The van der Waals surface area contributed by atoms with Crippen LogP contribution in [0.25, 0.3) is 0 Å². The van der Waals surface area contributed by atoms with Gasteiger partial charge in [0.25, 0.3) is 5.91 Å². The minimum Gasteiger partial charge on any atom is -0.497 e. The first kappa shape index (κ1) is 21.7. The van der Waals surface area contributed by atoms with Crippen LogP contribution < -0.4 is 14.2 Å². The third-order valence-electron chi connectivity index (χ3n) is 5.65. The highest BCUT2D eigenvalue weighted by Gasteiger charge is 2.28. The van der Waals surface area contributed by atoms with Crippen LogP contribution in [-0.4, -0.2) is 49.7 Å². The summed E-state index contributed by atoms with van der Waals surface area (Å²) >= 11 is 0. The average Bonchev–Trinajstić information content (AvgIpc) is 3.31. The van der Waals surface area contributed by atoms with Crippen LogP contribution in [0.1, 0.15) is 36.0 Å². The van der Waals surface area contributed by atoms with Gasteiger partial charge in [-0.25, -0.2) is 4.98 Å². The SMILES string of the molecule is COc1ccc(Cc2cnc([C@H]3CCCN(C(=O)COc4ccccc4OC)C3)o2)cc1. The number of benzene rings is 2. The summed E-state index contributed by atoms with van der Waals surface area (Å²) in [5.74, 6) is 3.54. The highest BCUT2D eigenvalue weighted by atomic mass is 16.5. The Bertz CT molecular complexity index is 1030. The molecular weight excluding hydrogens is 408 g/mol. The molecule has 0 spiro atoms. The molecule has 1 aliphatic rings. The molecule has 1 aromatic heterocycles. The van der Waals surface area contributed by atoms with Gasteiger partial charge in [0.05, 0.1) is 26.3 Å². The van der Waals surface area contributed by atoms with Gasteiger partial charge in [0.2, 0.25) is 0 Å². The molecule has 168 valence electrons. The number of hydrogen-bond donors (Lipinski definition) is 0. The van der Waals surface area contributed by atoms with Crippen molar-refractivity contribution in [1.82, 2.24) is 9.88 Å². The molecule has 0 bridgehead atoms. The highest BCUT2D eigenvalue weighted by Crippen LogP contribution is 2.29. The Morgan fingerprint density at radius 2 is 1.88 bits per heavy atom. The van der Waals surface area contributed by atoms with Crippen LogP contribution in [0.4, 0.5) is 0 Å². The number of hydrogen-bond acceptors (Lipinski definition) is 6. The predicted molar refractivity (Wildman–Crippen MR) is 119 cm³/mol. The lowest BCUT2D eigenvalue weighted by Crippen LogP contribution is -2.41. The van der Waals surface area contributed by atoms with Crippen LogP contribution in [0.3, 0.4) is 0 Å². The van der Waals surface area contributed by atoms with E-state index < -0.39 is 0 Å². The summed E-state index contributed by atoms with van der Waals surface area (Å²) in [4.78, 5) is 19.1. The van der Waals surface area contributed by atoms with Crippen LogP contribution >= 0.6 is 0 Å². The second-order valence-corrected chi connectivity index (χ2v) is 7.81. The molecule has 0 aliphatic carbocycles. The molecule has 4 rings (SSSR count). The molecule has 0 N–H and O–H groups in total. The van der Waals surface area contributed by atoms with E-state index in [0.29, 0.717) is 36.9 Å². The first-order valence-electron chi connectivity index (χ1n) is 10.8. The number of ether oxygens (including phenoxy) is 3. The Hall–Kier alpha value is -3.48. The third kappa shape index (κ3) is 5.22. The van der Waals surface area contributed by atoms with Gasteiger partial charge in [-0.15, -0.1) is 0 Å². The monoisotopic (exact) mass is 436 g/mol. The van der Waals surface area contributed by atoms with Crippen LogP contribution in [0.2, 0.25) is 0 Å². The quantitative estimate of drug-likeness (QED) is 0.530. The van der Waals surface area contributed by atoms with Crippen molar-refractivity contribution >= 4 is 5.91 Å². The zero-order chi connectivity index (χ0) is 22.3. The Labute approximate surface area is 187 Å². The lowest BCUT2D eigenvalue weighted by atomic mass is 9.98. The van der Waals surface area contributed by atoms with E-state index in [0.717, 1.165) is 29.9 Å². The molecule has 1 fully saturated rings. The highest BCUT2D eigenvalue weighted by molar-refractivity contribution is 5.78. The van der Waals surface area contributed by atoms with Gasteiger partial charge in [-0.2, -0.15) is 0 Å². The van der Waals surface area contributed by atoms with Crippen molar-refractivity contribution in [2.45, 2.75) is 25.2 Å². The predicted octanol–water partition coefficient (Wildman–Crippen LogP) is 4.07. The fourth-order valence-corrected chi connectivity index (χ4v) is 3.91. The Morgan fingerprint density at radius 1 is 1.09 bits per heavy atom. The van der Waals surface area contributed by atoms with E-state index in [1.807, 2.05) is 47.4 Å². The number of oxazole rings is 1. The molecule has 3 aromatic rings. The zero-order valence-corrected chi connectivity index (χ0v) is 18.5. The molecule has 1 aliphatic heterocycles. The van der Waals surface area contributed by atoms with E-state index in [4.69, 9.17) is 18.6 Å². The number of methoxy groups -OCH3 is 2. The molecule has 32 heavy (non-hydrogen) atoms. The minimum atomic E-state index is -0.0504. The number of likely N-dealkylation sites (tertiary alicyclic amines) is 1. The topological polar surface area (TPSA) is 74.0 Å². The molecule has 2 heterocycles. The summed E-state index contributed by atoms with van der Waals surface area (Å²) < 4.78 is 22.2. The molecule has 1 saturated heterocycles. The van der Waals surface area contributed by atoms with E-state index in [9.17, 15) is 4.79 Å². The third-order valence-corrected chi connectivity index (χ3v) is 5.65. The van der Waals surface area contributed by atoms with E-state index in [-0.39, 0.29) is 18.4 Å². The number of carbonyl (C=O) groups excluding carboxylic acids is 1. The molecule has 7 nitrogen and oxygen atoms in total. The molecular formula is C25H28N2O5. The van der Waals surface area contributed by atoms with E-state index in [2.05, 4.69) is 4.98 Å². The largest absolute Gasteiger partial charge is 0.497 e. The van der Waals surface area contributed by atoms with E-state index >= 15 is 0 Å². The second kappa shape index (κ2) is 10.2. The molecule has 0 unspecified atom stereocenters. The van der Waals surface area contributed by atoms with Gasteiger partial charge < -0.3 is 23.5 Å². The van der Waals surface area contributed by atoms with Gasteiger partial charge in [-0.3, -0.25) is 4.79 Å². The van der Waals surface area contributed by atoms with E-state index in [1.54, 1.807) is 26.5 Å². The molecule has 0 saturated carbocycles. The number of rotatable bonds is 8. The lowest BCUT2D eigenvalue weighted by molar-refractivity contribution is -0.134. The average molecular weight is 437 g/mol. The van der Waals surface area contributed by atoms with Crippen molar-refractivity contribution in [3.63, 3.8) is 0 Å². The maximum absolute atomic E-state index is 12.7. The summed E-state index contributed by atoms with van der Waals surface area (Å²) in [7, 11) is 3.24. The lowest BCUT2D eigenvalue weighted by Gasteiger charge is -2.31. The summed E-state index contributed by atoms with van der Waals surface area (Å²) in [6.07, 6.45) is 4.30. The van der Waals surface area contributed by atoms with Crippen molar-refractivity contribution in [3.8, 4) is 17.2 Å². The first-order chi connectivity index (χ1) is 15.7. The summed E-state index contributed by atoms with van der Waals surface area (Å²) in [6.45, 7) is 1.27. The Morgan fingerprint density at radius 3 is 2.62 bits per heavy atom. The van der Waals surface area contributed by atoms with Gasteiger partial charge in [0.1, 0.15) is 11.5 Å². The van der Waals surface area contributed by atoms with Gasteiger partial charge in [-0.1, -0.05) is 24.3 Å². The zero-order valence-electron chi connectivity index (χ0n) is 18.5. The number of piperidine rings is 1. The molecule has 2 aromatic carbocycles. The standard InChI is InChI=1S/C25H28N2O5/c1-29-20-11-9-18(10-12-20)14-21-15-26-25(32-21)19-6-5-13-27(16-19)24(28)17-31-23-8-4-3-7-22(23)30-2/h3-4,7-12,15,19H,5-6,13-14,16-17H2,1-2H3/t19-/m0/s1. The van der Waals surface area contributed by atoms with Crippen LogP contribution in [0.5, 0.6) is 17.2 Å². The van der Waals surface area contributed by atoms with Crippen LogP contribution in [0, 0.1) is 0 Å². The van der Waals surface area contributed by atoms with Gasteiger partial charge >= 0.3 is 0 Å². The number of para-hydroxylation sites is 2. The summed E-state index contributed by atoms with van der Waals surface area (Å²) in [6, 6.07) is 15.2. The van der Waals surface area contributed by atoms with Crippen molar-refractivity contribution in [3.05, 3.63) is 71.9 Å². The summed E-state index contributed by atoms with van der Waals surface area (Å²) in [5.41, 5.74) is 1.13. The summed E-state index contributed by atoms with van der Waals surface area (Å²) in [5, 5.41) is 0. The number of carbonyl (C=O) groups is 1. The maximum Gasteiger partial charge on any atom is 0.260 e. The van der Waals surface area contributed by atoms with Crippen molar-refractivity contribution in [2.75, 3.05) is 33.9 Å². The van der Waals surface area contributed by atoms with Gasteiger partial charge in [0.15, 0.2) is 24.0 Å². The van der Waals surface area contributed by atoms with Crippen LogP contribution in [-0.2, 0) is 11.2 Å². The Balaban J connectivity index is 1.33. The maximum atomic E-state index is 12.7. The fourth-order valence-electron chi connectivity index (χ4n) is 3.91. The number of amides is 1. The Kier molecular flexibility index (Phi) is 6.94. The molecule has 7 heteroatoms. The van der Waals surface area contributed by atoms with Gasteiger partial charge in [0, 0.05) is 19.5 Å². The molecule has 1 atom stereocenters. The normalized spacial score (nSPS) is 15.9. The van der Waals surface area contributed by atoms with E-state index in [1.165, 1.54) is 0 Å². The molecule has 0 radical (unpaired) electrons.